The number of methoxy groups -OCH3 is 1. The molecule has 1 aromatic carbocycles. The zero-order valence-electron chi connectivity index (χ0n) is 18.0. The minimum Gasteiger partial charge on any atom is -0.497 e. The molecule has 2 heterocycles. The monoisotopic (exact) mass is 411 g/mol. The van der Waals surface area contributed by atoms with Crippen LogP contribution in [-0.4, -0.2) is 67.5 Å². The first-order valence-electron chi connectivity index (χ1n) is 10.1. The van der Waals surface area contributed by atoms with Crippen LogP contribution in [0.2, 0.25) is 0 Å². The van der Waals surface area contributed by atoms with Crippen LogP contribution in [-0.2, 0) is 9.59 Å². The van der Waals surface area contributed by atoms with Crippen LogP contribution in [0.5, 0.6) is 5.75 Å². The lowest BCUT2D eigenvalue weighted by Gasteiger charge is -2.32. The molecule has 0 unspecified atom stereocenters. The number of anilines is 1. The Labute approximate surface area is 177 Å². The fourth-order valence-corrected chi connectivity index (χ4v) is 3.62. The highest BCUT2D eigenvalue weighted by atomic mass is 16.5. The Kier molecular flexibility index (Phi) is 6.87. The number of rotatable bonds is 6. The Morgan fingerprint density at radius 1 is 1.20 bits per heavy atom. The largest absolute Gasteiger partial charge is 0.497 e. The van der Waals surface area contributed by atoms with Gasteiger partial charge < -0.3 is 19.9 Å². The smallest absolute Gasteiger partial charge is 0.241 e. The highest BCUT2D eigenvalue weighted by Crippen LogP contribution is 2.35. The van der Waals surface area contributed by atoms with Gasteiger partial charge in [0.1, 0.15) is 5.75 Å². The van der Waals surface area contributed by atoms with Gasteiger partial charge in [0, 0.05) is 51.8 Å². The summed E-state index contributed by atoms with van der Waals surface area (Å²) in [4.78, 5) is 36.5. The van der Waals surface area contributed by atoms with E-state index in [0.29, 0.717) is 19.0 Å². The molecule has 0 spiro atoms. The third-order valence-electron chi connectivity index (χ3n) is 5.33. The molecule has 8 heteroatoms. The summed E-state index contributed by atoms with van der Waals surface area (Å²) in [7, 11) is 5.50. The van der Waals surface area contributed by atoms with E-state index in [2.05, 4.69) is 10.3 Å². The standard InChI is InChI=1S/C22H29N5O3/c1-15(28)23-14-20(29)27-11-9-17(10-12-27)21-19(13-24-22(25-21)26(2)3)16-5-7-18(30-4)8-6-16/h5-8,13,17H,9-12,14H2,1-4H3,(H,23,28). The number of carbonyl (C=O) groups excluding carboxylic acids is 2. The van der Waals surface area contributed by atoms with Crippen molar-refractivity contribution in [3.8, 4) is 16.9 Å². The van der Waals surface area contributed by atoms with Crippen molar-refractivity contribution < 1.29 is 14.3 Å². The van der Waals surface area contributed by atoms with Gasteiger partial charge in [0.2, 0.25) is 17.8 Å². The predicted octanol–water partition coefficient (Wildman–Crippen LogP) is 2.06. The maximum absolute atomic E-state index is 12.3. The van der Waals surface area contributed by atoms with Crippen molar-refractivity contribution in [3.05, 3.63) is 36.2 Å². The lowest BCUT2D eigenvalue weighted by Crippen LogP contribution is -2.43. The van der Waals surface area contributed by atoms with Crippen molar-refractivity contribution in [2.24, 2.45) is 0 Å². The second-order valence-electron chi connectivity index (χ2n) is 7.66. The summed E-state index contributed by atoms with van der Waals surface area (Å²) in [6, 6.07) is 7.90. The molecule has 8 nitrogen and oxygen atoms in total. The quantitative estimate of drug-likeness (QED) is 0.783. The number of amides is 2. The number of nitrogens with zero attached hydrogens (tertiary/aromatic N) is 4. The first kappa shape index (κ1) is 21.5. The number of carbonyl (C=O) groups is 2. The number of likely N-dealkylation sites (tertiary alicyclic amines) is 1. The molecule has 2 aromatic rings. The molecule has 30 heavy (non-hydrogen) atoms. The van der Waals surface area contributed by atoms with E-state index in [1.54, 1.807) is 7.11 Å². The van der Waals surface area contributed by atoms with Crippen LogP contribution in [0, 0.1) is 0 Å². The maximum Gasteiger partial charge on any atom is 0.241 e. The molecule has 0 radical (unpaired) electrons. The minimum absolute atomic E-state index is 0.0457. The van der Waals surface area contributed by atoms with Gasteiger partial charge in [-0.05, 0) is 30.5 Å². The van der Waals surface area contributed by atoms with E-state index >= 15 is 0 Å². The molecule has 0 atom stereocenters. The van der Waals surface area contributed by atoms with Gasteiger partial charge in [-0.2, -0.15) is 0 Å². The highest BCUT2D eigenvalue weighted by molar-refractivity contribution is 5.83. The van der Waals surface area contributed by atoms with Crippen molar-refractivity contribution in [2.75, 3.05) is 45.7 Å². The van der Waals surface area contributed by atoms with Gasteiger partial charge in [-0.25, -0.2) is 9.97 Å². The Bertz CT molecular complexity index is 890. The van der Waals surface area contributed by atoms with E-state index in [4.69, 9.17) is 9.72 Å². The van der Waals surface area contributed by atoms with Gasteiger partial charge in [0.05, 0.1) is 19.3 Å². The van der Waals surface area contributed by atoms with E-state index in [9.17, 15) is 9.59 Å². The molecule has 1 aliphatic heterocycles. The van der Waals surface area contributed by atoms with E-state index < -0.39 is 0 Å². The van der Waals surface area contributed by atoms with Crippen LogP contribution in [0.4, 0.5) is 5.95 Å². The molecule has 3 rings (SSSR count). The lowest BCUT2D eigenvalue weighted by atomic mass is 9.89. The third kappa shape index (κ3) is 5.06. The Morgan fingerprint density at radius 2 is 1.87 bits per heavy atom. The second-order valence-corrected chi connectivity index (χ2v) is 7.66. The predicted molar refractivity (Wildman–Crippen MR) is 116 cm³/mol. The van der Waals surface area contributed by atoms with E-state index in [1.165, 1.54) is 6.92 Å². The van der Waals surface area contributed by atoms with Gasteiger partial charge in [-0.1, -0.05) is 12.1 Å². The maximum atomic E-state index is 12.3. The minimum atomic E-state index is -0.195. The van der Waals surface area contributed by atoms with Crippen molar-refractivity contribution in [2.45, 2.75) is 25.7 Å². The first-order valence-corrected chi connectivity index (χ1v) is 10.1. The summed E-state index contributed by atoms with van der Waals surface area (Å²) >= 11 is 0. The summed E-state index contributed by atoms with van der Waals surface area (Å²) in [5.74, 6) is 1.47. The molecule has 0 aliphatic carbocycles. The third-order valence-corrected chi connectivity index (χ3v) is 5.33. The van der Waals surface area contributed by atoms with Crippen molar-refractivity contribution in [1.82, 2.24) is 20.2 Å². The molecule has 1 aromatic heterocycles. The molecular formula is C22H29N5O3. The van der Waals surface area contributed by atoms with E-state index in [-0.39, 0.29) is 24.3 Å². The summed E-state index contributed by atoms with van der Waals surface area (Å²) < 4.78 is 5.27. The van der Waals surface area contributed by atoms with Gasteiger partial charge in [-0.15, -0.1) is 0 Å². The fourth-order valence-electron chi connectivity index (χ4n) is 3.62. The molecule has 0 bridgehead atoms. The second kappa shape index (κ2) is 9.56. The van der Waals surface area contributed by atoms with Crippen molar-refractivity contribution in [1.29, 1.82) is 0 Å². The normalized spacial score (nSPS) is 14.3. The zero-order chi connectivity index (χ0) is 21.7. The van der Waals surface area contributed by atoms with Gasteiger partial charge in [0.25, 0.3) is 0 Å². The number of hydrogen-bond donors (Lipinski definition) is 1. The van der Waals surface area contributed by atoms with Crippen LogP contribution >= 0.6 is 0 Å². The summed E-state index contributed by atoms with van der Waals surface area (Å²) in [5.41, 5.74) is 3.05. The fraction of sp³-hybridized carbons (Fsp3) is 0.455. The van der Waals surface area contributed by atoms with E-state index in [0.717, 1.165) is 35.4 Å². The average Bonchev–Trinajstić information content (AvgIpc) is 2.77. The van der Waals surface area contributed by atoms with Crippen LogP contribution < -0.4 is 15.0 Å². The molecule has 1 N–H and O–H groups in total. The molecular weight excluding hydrogens is 382 g/mol. The SMILES string of the molecule is COc1ccc(-c2cnc(N(C)C)nc2C2CCN(C(=O)CNC(C)=O)CC2)cc1. The topological polar surface area (TPSA) is 87.7 Å². The summed E-state index contributed by atoms with van der Waals surface area (Å²) in [6.45, 7) is 2.76. The zero-order valence-corrected chi connectivity index (χ0v) is 18.0. The van der Waals surface area contributed by atoms with Crippen LogP contribution in [0.3, 0.4) is 0 Å². The average molecular weight is 412 g/mol. The molecule has 1 aliphatic rings. The van der Waals surface area contributed by atoms with Crippen LogP contribution in [0.25, 0.3) is 11.1 Å². The van der Waals surface area contributed by atoms with Crippen LogP contribution in [0.15, 0.2) is 30.5 Å². The Morgan fingerprint density at radius 3 is 2.43 bits per heavy atom. The molecule has 1 saturated heterocycles. The number of ether oxygens (including phenoxy) is 1. The summed E-state index contributed by atoms with van der Waals surface area (Å²) in [5, 5.41) is 2.58. The van der Waals surface area contributed by atoms with Gasteiger partial charge in [0.15, 0.2) is 0 Å². The van der Waals surface area contributed by atoms with Crippen LogP contribution in [0.1, 0.15) is 31.4 Å². The first-order chi connectivity index (χ1) is 14.4. The number of aromatic nitrogens is 2. The van der Waals surface area contributed by atoms with Crippen molar-refractivity contribution in [3.63, 3.8) is 0 Å². The molecule has 160 valence electrons. The van der Waals surface area contributed by atoms with Gasteiger partial charge in [-0.3, -0.25) is 9.59 Å². The number of hydrogen-bond acceptors (Lipinski definition) is 6. The summed E-state index contributed by atoms with van der Waals surface area (Å²) in [6.07, 6.45) is 3.52. The lowest BCUT2D eigenvalue weighted by molar-refractivity contribution is -0.133. The Hall–Kier alpha value is -3.16. The number of nitrogens with one attached hydrogen (secondary N) is 1. The molecule has 0 saturated carbocycles. The Balaban J connectivity index is 1.81. The molecule has 1 fully saturated rings. The van der Waals surface area contributed by atoms with Crippen molar-refractivity contribution >= 4 is 17.8 Å². The van der Waals surface area contributed by atoms with E-state index in [1.807, 2.05) is 54.4 Å². The van der Waals surface area contributed by atoms with Gasteiger partial charge >= 0.3 is 0 Å². The number of benzene rings is 1. The number of piperidine rings is 1. The highest BCUT2D eigenvalue weighted by Gasteiger charge is 2.27. The molecule has 2 amide bonds.